The van der Waals surface area contributed by atoms with E-state index in [0.717, 1.165) is 6.07 Å². The van der Waals surface area contributed by atoms with Gasteiger partial charge in [0.25, 0.3) is 5.69 Å². The maximum atomic E-state index is 10.6. The van der Waals surface area contributed by atoms with E-state index in [9.17, 15) is 20.0 Å². The number of nitrogens with two attached hydrogens (primary N) is 1. The van der Waals surface area contributed by atoms with Crippen LogP contribution in [0.1, 0.15) is 0 Å². The van der Waals surface area contributed by atoms with Crippen LogP contribution >= 0.6 is 0 Å². The molecule has 0 heterocycles. The third kappa shape index (κ3) is 7.18. The van der Waals surface area contributed by atoms with Crippen molar-refractivity contribution in [3.63, 3.8) is 0 Å². The number of hydrogen-bond donors (Lipinski definition) is 2. The number of aliphatic carboxylic acids is 1. The number of para-hydroxylation sites is 2. The third-order valence-corrected chi connectivity index (χ3v) is 1.24. The van der Waals surface area contributed by atoms with Crippen molar-refractivity contribution in [1.29, 1.82) is 0 Å². The average Bonchev–Trinajstić information content (AvgIpc) is 2.19. The fraction of sp³-hybridized carbons (Fsp3) is 0.125. The molecule has 1 rings (SSSR count). The predicted octanol–water partition coefficient (Wildman–Crippen LogP) is -3.30. The van der Waals surface area contributed by atoms with Gasteiger partial charge in [0.1, 0.15) is 0 Å². The van der Waals surface area contributed by atoms with Gasteiger partial charge in [-0.25, -0.2) is 0 Å². The molecule has 3 N–H and O–H groups in total. The molecule has 8 heteroatoms. The van der Waals surface area contributed by atoms with Gasteiger partial charge >= 0.3 is 35.5 Å². The zero-order chi connectivity index (χ0) is 11.8. The molecule has 0 fully saturated rings. The van der Waals surface area contributed by atoms with E-state index in [1.165, 1.54) is 18.2 Å². The molecular formula is C8H9N2NaO5. The second-order valence-electron chi connectivity index (χ2n) is 2.32. The number of nitro benzene ring substituents is 1. The van der Waals surface area contributed by atoms with E-state index >= 15 is 0 Å². The molecule has 0 aliphatic heterocycles. The van der Waals surface area contributed by atoms with E-state index < -0.39 is 16.6 Å². The summed E-state index contributed by atoms with van der Waals surface area (Å²) in [5, 5.41) is 28.2. The monoisotopic (exact) mass is 236 g/mol. The number of carboxylic acids is 1. The van der Waals surface area contributed by atoms with Gasteiger partial charge in [0.2, 0.25) is 0 Å². The quantitative estimate of drug-likeness (QED) is 0.314. The van der Waals surface area contributed by atoms with Crippen molar-refractivity contribution in [3.05, 3.63) is 34.4 Å². The summed E-state index contributed by atoms with van der Waals surface area (Å²) in [5.41, 5.74) is 4.20. The Bertz CT molecular complexity index is 358. The molecule has 1 aromatic rings. The molecule has 1 aromatic carbocycles. The first-order chi connectivity index (χ1) is 6.99. The number of carboxylic acid groups (broad SMARTS) is 1. The minimum absolute atomic E-state index is 0. The summed E-state index contributed by atoms with van der Waals surface area (Å²) in [6.07, 6.45) is 0. The number of benzene rings is 1. The van der Waals surface area contributed by atoms with Gasteiger partial charge in [-0.15, -0.1) is 0 Å². The van der Waals surface area contributed by atoms with E-state index in [2.05, 4.69) is 5.73 Å². The van der Waals surface area contributed by atoms with Gasteiger partial charge in [0.15, 0.2) is 0 Å². The summed E-state index contributed by atoms with van der Waals surface area (Å²) in [4.78, 5) is 18.6. The Hall–Kier alpha value is -1.15. The van der Waals surface area contributed by atoms with Gasteiger partial charge < -0.3 is 15.9 Å². The van der Waals surface area contributed by atoms with Crippen LogP contribution in [0, 0.1) is 10.1 Å². The number of hydrogen-bond acceptors (Lipinski definition) is 5. The number of carbonyl (C=O) groups is 1. The van der Waals surface area contributed by atoms with Gasteiger partial charge in [-0.05, 0) is 5.75 Å². The molecule has 0 radical (unpaired) electrons. The van der Waals surface area contributed by atoms with Crippen molar-refractivity contribution in [1.82, 2.24) is 0 Å². The standard InChI is InChI=1S/C6H5NO3.C2H5NO2.Na/c8-6-4-2-1-3-5(6)7(9)10;3-1-2(4)5;/h1-4,8H;1,3H2,(H,4,5);/q;;+1/p-1. The van der Waals surface area contributed by atoms with E-state index in [-0.39, 0.29) is 41.8 Å². The molecule has 0 atom stereocenters. The first-order valence-corrected chi connectivity index (χ1v) is 3.81. The number of rotatable bonds is 2. The van der Waals surface area contributed by atoms with Crippen molar-refractivity contribution in [2.75, 3.05) is 6.54 Å². The molecule has 0 spiro atoms. The SMILES string of the molecule is NCC(=O)O.O=[N+]([O-])c1ccccc1[O-].[Na+]. The molecule has 0 saturated carbocycles. The van der Waals surface area contributed by atoms with Crippen molar-refractivity contribution < 1.29 is 49.5 Å². The normalized spacial score (nSPS) is 8.06. The molecule has 7 nitrogen and oxygen atoms in total. The Balaban J connectivity index is 0. The van der Waals surface area contributed by atoms with Crippen molar-refractivity contribution in [2.24, 2.45) is 5.73 Å². The summed E-state index contributed by atoms with van der Waals surface area (Å²) in [7, 11) is 0. The summed E-state index contributed by atoms with van der Waals surface area (Å²) in [6, 6.07) is 5.27. The Kier molecular flexibility index (Phi) is 9.82. The average molecular weight is 236 g/mol. The smallest absolute Gasteiger partial charge is 0.868 e. The maximum absolute atomic E-state index is 10.6. The van der Waals surface area contributed by atoms with Crippen molar-refractivity contribution in [2.45, 2.75) is 0 Å². The number of nitro groups is 1. The predicted molar refractivity (Wildman–Crippen MR) is 49.2 cm³/mol. The van der Waals surface area contributed by atoms with Crippen LogP contribution < -0.4 is 40.4 Å². The van der Waals surface area contributed by atoms with Gasteiger partial charge in [-0.1, -0.05) is 18.2 Å². The first-order valence-electron chi connectivity index (χ1n) is 3.81. The molecule has 0 saturated heterocycles. The number of nitrogens with zero attached hydrogens (tertiary/aromatic N) is 1. The van der Waals surface area contributed by atoms with Gasteiger partial charge in [0, 0.05) is 6.07 Å². The van der Waals surface area contributed by atoms with Crippen molar-refractivity contribution >= 4 is 11.7 Å². The van der Waals surface area contributed by atoms with Crippen LogP contribution in [-0.4, -0.2) is 22.5 Å². The molecule has 0 unspecified atom stereocenters. The van der Waals surface area contributed by atoms with Gasteiger partial charge in [0.05, 0.1) is 11.5 Å². The zero-order valence-electron chi connectivity index (χ0n) is 8.62. The van der Waals surface area contributed by atoms with Crippen LogP contribution in [0.25, 0.3) is 0 Å². The van der Waals surface area contributed by atoms with Crippen LogP contribution in [0.2, 0.25) is 0 Å². The molecule has 0 amide bonds. The summed E-state index contributed by atoms with van der Waals surface area (Å²) in [5.74, 6) is -1.52. The van der Waals surface area contributed by atoms with E-state index in [0.29, 0.717) is 0 Å². The molecule has 0 aliphatic carbocycles. The Morgan fingerprint density at radius 3 is 2.12 bits per heavy atom. The molecule has 82 valence electrons. The summed E-state index contributed by atoms with van der Waals surface area (Å²) in [6.45, 7) is -0.278. The summed E-state index contributed by atoms with van der Waals surface area (Å²) >= 11 is 0. The Morgan fingerprint density at radius 1 is 1.44 bits per heavy atom. The molecule has 0 bridgehead atoms. The van der Waals surface area contributed by atoms with E-state index in [1.54, 1.807) is 0 Å². The van der Waals surface area contributed by atoms with Gasteiger partial charge in [-0.3, -0.25) is 14.9 Å². The Morgan fingerprint density at radius 2 is 1.88 bits per heavy atom. The molecule has 0 aromatic heterocycles. The van der Waals surface area contributed by atoms with Crippen LogP contribution in [0.15, 0.2) is 24.3 Å². The third-order valence-electron chi connectivity index (χ3n) is 1.24. The second kappa shape index (κ2) is 9.10. The van der Waals surface area contributed by atoms with Gasteiger partial charge in [-0.2, -0.15) is 0 Å². The van der Waals surface area contributed by atoms with E-state index in [4.69, 9.17) is 5.11 Å². The fourth-order valence-electron chi connectivity index (χ4n) is 0.608. The van der Waals surface area contributed by atoms with Crippen LogP contribution in [0.3, 0.4) is 0 Å². The first kappa shape index (κ1) is 17.3. The molecule has 0 aliphatic rings. The maximum Gasteiger partial charge on any atom is 1.00 e. The second-order valence-corrected chi connectivity index (χ2v) is 2.32. The Labute approximate surface area is 113 Å². The van der Waals surface area contributed by atoms with Crippen LogP contribution in [0.4, 0.5) is 5.69 Å². The van der Waals surface area contributed by atoms with Crippen LogP contribution in [0.5, 0.6) is 5.75 Å². The topological polar surface area (TPSA) is 130 Å². The fourth-order valence-corrected chi connectivity index (χ4v) is 0.608. The van der Waals surface area contributed by atoms with E-state index in [1.807, 2.05) is 0 Å². The molecule has 16 heavy (non-hydrogen) atoms. The minimum atomic E-state index is -0.968. The zero-order valence-corrected chi connectivity index (χ0v) is 10.6. The van der Waals surface area contributed by atoms with Crippen molar-refractivity contribution in [3.8, 4) is 5.75 Å². The van der Waals surface area contributed by atoms with Crippen LogP contribution in [-0.2, 0) is 4.79 Å². The summed E-state index contributed by atoms with van der Waals surface area (Å²) < 4.78 is 0. The minimum Gasteiger partial charge on any atom is -0.868 e. The largest absolute Gasteiger partial charge is 1.00 e. The molecular weight excluding hydrogens is 227 g/mol.